The van der Waals surface area contributed by atoms with Gasteiger partial charge >= 0.3 is 0 Å². The van der Waals surface area contributed by atoms with Crippen molar-refractivity contribution in [1.82, 2.24) is 0 Å². The lowest BCUT2D eigenvalue weighted by molar-refractivity contribution is 0.611. The summed E-state index contributed by atoms with van der Waals surface area (Å²) in [6, 6.07) is 15.3. The Morgan fingerprint density at radius 2 is 1.68 bits per heavy atom. The van der Waals surface area contributed by atoms with Crippen molar-refractivity contribution in [3.05, 3.63) is 65.5 Å². The first-order valence-corrected chi connectivity index (χ1v) is 8.32. The molecule has 0 spiro atoms. The second-order valence-electron chi connectivity index (χ2n) is 5.29. The van der Waals surface area contributed by atoms with Gasteiger partial charge in [-0.3, -0.25) is 0 Å². The van der Waals surface area contributed by atoms with Crippen molar-refractivity contribution in [2.45, 2.75) is 30.6 Å². The van der Waals surface area contributed by atoms with Crippen LogP contribution in [0, 0.1) is 12.7 Å². The summed E-state index contributed by atoms with van der Waals surface area (Å²) < 4.78 is 12.9. The lowest BCUT2D eigenvalue weighted by atomic mass is 9.95. The van der Waals surface area contributed by atoms with Gasteiger partial charge in [-0.05, 0) is 67.8 Å². The first-order chi connectivity index (χ1) is 10.2. The van der Waals surface area contributed by atoms with Crippen molar-refractivity contribution in [2.24, 2.45) is 5.73 Å². The smallest absolute Gasteiger partial charge is 0.123 e. The quantitative estimate of drug-likeness (QED) is 0.556. The average molecular weight is 340 g/mol. The molecular weight excluding hydrogens is 317 g/mol. The molecule has 2 aromatic rings. The van der Waals surface area contributed by atoms with Crippen molar-refractivity contribution in [2.75, 3.05) is 12.3 Å². The van der Waals surface area contributed by atoms with Gasteiger partial charge in [-0.25, -0.2) is 4.39 Å². The van der Waals surface area contributed by atoms with Crippen LogP contribution >= 0.6 is 24.2 Å². The van der Waals surface area contributed by atoms with Gasteiger partial charge in [-0.1, -0.05) is 29.8 Å². The molecule has 0 aliphatic carbocycles. The SMILES string of the molecule is Cc1ccc(SCCCC(CN)c2ccc(F)cc2)cc1.Cl. The molecule has 2 N–H and O–H groups in total. The van der Waals surface area contributed by atoms with Gasteiger partial charge < -0.3 is 5.73 Å². The second-order valence-corrected chi connectivity index (χ2v) is 6.46. The normalized spacial score (nSPS) is 11.8. The van der Waals surface area contributed by atoms with Crippen LogP contribution in [-0.4, -0.2) is 12.3 Å². The van der Waals surface area contributed by atoms with Crippen molar-refractivity contribution in [1.29, 1.82) is 0 Å². The fraction of sp³-hybridized carbons (Fsp3) is 0.333. The maximum absolute atomic E-state index is 12.9. The number of hydrogen-bond donors (Lipinski definition) is 1. The molecule has 0 amide bonds. The number of hydrogen-bond acceptors (Lipinski definition) is 2. The van der Waals surface area contributed by atoms with E-state index in [-0.39, 0.29) is 18.2 Å². The third-order valence-corrected chi connectivity index (χ3v) is 4.71. The van der Waals surface area contributed by atoms with E-state index < -0.39 is 0 Å². The topological polar surface area (TPSA) is 26.0 Å². The molecule has 0 saturated heterocycles. The first-order valence-electron chi connectivity index (χ1n) is 7.34. The third-order valence-electron chi connectivity index (χ3n) is 3.61. The number of thioether (sulfide) groups is 1. The predicted molar refractivity (Wildman–Crippen MR) is 96.6 cm³/mol. The van der Waals surface area contributed by atoms with E-state index >= 15 is 0 Å². The second kappa shape index (κ2) is 9.88. The van der Waals surface area contributed by atoms with E-state index in [1.54, 1.807) is 0 Å². The molecule has 22 heavy (non-hydrogen) atoms. The average Bonchev–Trinajstić information content (AvgIpc) is 2.50. The Hall–Kier alpha value is -1.03. The van der Waals surface area contributed by atoms with Crippen molar-refractivity contribution in [3.63, 3.8) is 0 Å². The summed E-state index contributed by atoms with van der Waals surface area (Å²) in [5.41, 5.74) is 8.28. The van der Waals surface area contributed by atoms with Crippen LogP contribution < -0.4 is 5.73 Å². The van der Waals surface area contributed by atoms with E-state index in [1.807, 2.05) is 23.9 Å². The minimum atomic E-state index is -0.190. The Morgan fingerprint density at radius 1 is 1.05 bits per heavy atom. The summed E-state index contributed by atoms with van der Waals surface area (Å²) in [6.07, 6.45) is 2.15. The molecule has 0 heterocycles. The summed E-state index contributed by atoms with van der Waals surface area (Å²) in [5, 5.41) is 0. The Bertz CT molecular complexity index is 542. The zero-order chi connectivity index (χ0) is 15.1. The Kier molecular flexibility index (Phi) is 8.54. The van der Waals surface area contributed by atoms with E-state index in [0.717, 1.165) is 24.2 Å². The third kappa shape index (κ3) is 5.99. The molecule has 0 aliphatic heterocycles. The Labute approximate surface area is 142 Å². The molecule has 120 valence electrons. The highest BCUT2D eigenvalue weighted by molar-refractivity contribution is 7.99. The van der Waals surface area contributed by atoms with Gasteiger partial charge in [0.1, 0.15) is 5.82 Å². The maximum atomic E-state index is 12.9. The summed E-state index contributed by atoms with van der Waals surface area (Å²) in [7, 11) is 0. The maximum Gasteiger partial charge on any atom is 0.123 e. The standard InChI is InChI=1S/C18H22FNS.ClH/c1-14-4-10-18(11-5-14)21-12-2-3-16(13-20)15-6-8-17(19)9-7-15;/h4-11,16H,2-3,12-13,20H2,1H3;1H. The van der Waals surface area contributed by atoms with E-state index in [1.165, 1.54) is 22.6 Å². The molecule has 1 atom stereocenters. The minimum Gasteiger partial charge on any atom is -0.330 e. The van der Waals surface area contributed by atoms with Gasteiger partial charge in [0, 0.05) is 4.90 Å². The highest BCUT2D eigenvalue weighted by Crippen LogP contribution is 2.24. The van der Waals surface area contributed by atoms with E-state index in [4.69, 9.17) is 5.73 Å². The number of halogens is 2. The number of aryl methyl sites for hydroxylation is 1. The van der Waals surface area contributed by atoms with Crippen LogP contribution in [-0.2, 0) is 0 Å². The van der Waals surface area contributed by atoms with Crippen LogP contribution in [0.1, 0.15) is 29.9 Å². The molecule has 0 aromatic heterocycles. The van der Waals surface area contributed by atoms with Gasteiger partial charge in [0.15, 0.2) is 0 Å². The molecule has 0 saturated carbocycles. The molecule has 0 aliphatic rings. The summed E-state index contributed by atoms with van der Waals surface area (Å²) in [4.78, 5) is 1.31. The molecule has 4 heteroatoms. The predicted octanol–water partition coefficient (Wildman–Crippen LogP) is 5.17. The molecule has 2 aromatic carbocycles. The number of nitrogens with two attached hydrogens (primary N) is 1. The molecule has 1 unspecified atom stereocenters. The summed E-state index contributed by atoms with van der Waals surface area (Å²) >= 11 is 1.88. The van der Waals surface area contributed by atoms with E-state index in [2.05, 4.69) is 31.2 Å². The van der Waals surface area contributed by atoms with Crippen LogP contribution in [0.5, 0.6) is 0 Å². The molecule has 0 radical (unpaired) electrons. The van der Waals surface area contributed by atoms with Gasteiger partial charge in [-0.15, -0.1) is 24.2 Å². The highest BCUT2D eigenvalue weighted by atomic mass is 35.5. The van der Waals surface area contributed by atoms with Gasteiger partial charge in [-0.2, -0.15) is 0 Å². The Balaban J connectivity index is 0.00000242. The highest BCUT2D eigenvalue weighted by Gasteiger charge is 2.09. The lowest BCUT2D eigenvalue weighted by Gasteiger charge is -2.15. The van der Waals surface area contributed by atoms with Crippen molar-refractivity contribution >= 4 is 24.2 Å². The molecular formula is C18H23ClFNS. The number of benzene rings is 2. The summed E-state index contributed by atoms with van der Waals surface area (Å²) in [5.74, 6) is 1.22. The number of rotatable bonds is 7. The monoisotopic (exact) mass is 339 g/mol. The van der Waals surface area contributed by atoms with Crippen LogP contribution in [0.15, 0.2) is 53.4 Å². The van der Waals surface area contributed by atoms with Crippen LogP contribution in [0.25, 0.3) is 0 Å². The minimum absolute atomic E-state index is 0. The fourth-order valence-electron chi connectivity index (χ4n) is 2.31. The molecule has 0 fully saturated rings. The lowest BCUT2D eigenvalue weighted by Crippen LogP contribution is -2.12. The van der Waals surface area contributed by atoms with Gasteiger partial charge in [0.05, 0.1) is 0 Å². The summed E-state index contributed by atoms with van der Waals surface area (Å²) in [6.45, 7) is 2.71. The largest absolute Gasteiger partial charge is 0.330 e. The van der Waals surface area contributed by atoms with Crippen molar-refractivity contribution < 1.29 is 4.39 Å². The van der Waals surface area contributed by atoms with E-state index in [9.17, 15) is 4.39 Å². The zero-order valence-corrected chi connectivity index (χ0v) is 14.4. The van der Waals surface area contributed by atoms with E-state index in [0.29, 0.717) is 12.5 Å². The van der Waals surface area contributed by atoms with Crippen molar-refractivity contribution in [3.8, 4) is 0 Å². The fourth-order valence-corrected chi connectivity index (χ4v) is 3.19. The molecule has 1 nitrogen and oxygen atoms in total. The van der Waals surface area contributed by atoms with Crippen LogP contribution in [0.4, 0.5) is 4.39 Å². The zero-order valence-electron chi connectivity index (χ0n) is 12.8. The van der Waals surface area contributed by atoms with Gasteiger partial charge in [0.2, 0.25) is 0 Å². The van der Waals surface area contributed by atoms with Gasteiger partial charge in [0.25, 0.3) is 0 Å². The molecule has 0 bridgehead atoms. The first kappa shape index (κ1) is 19.0. The van der Waals surface area contributed by atoms with Crippen LogP contribution in [0.3, 0.4) is 0 Å². The Morgan fingerprint density at radius 3 is 2.27 bits per heavy atom. The van der Waals surface area contributed by atoms with Crippen LogP contribution in [0.2, 0.25) is 0 Å². The molecule has 2 rings (SSSR count).